The molecule has 10 nitrogen and oxygen atoms in total. The Morgan fingerprint density at radius 2 is 1.90 bits per heavy atom. The number of nitrogens with zero attached hydrogens (tertiary/aromatic N) is 4. The summed E-state index contributed by atoms with van der Waals surface area (Å²) in [6.07, 6.45) is 5.07. The van der Waals surface area contributed by atoms with Gasteiger partial charge in [0.1, 0.15) is 11.4 Å². The second-order valence-corrected chi connectivity index (χ2v) is 9.96. The number of hydrogen-bond donors (Lipinski definition) is 2. The van der Waals surface area contributed by atoms with Gasteiger partial charge in [-0.3, -0.25) is 19.1 Å². The van der Waals surface area contributed by atoms with Crippen LogP contribution in [0, 0.1) is 26.8 Å². The number of amides is 1. The van der Waals surface area contributed by atoms with Crippen molar-refractivity contribution in [3.05, 3.63) is 65.8 Å². The molecule has 1 fully saturated rings. The number of hydrogen-bond acceptors (Lipinski definition) is 6. The van der Waals surface area contributed by atoms with Crippen molar-refractivity contribution in [1.82, 2.24) is 14.5 Å². The summed E-state index contributed by atoms with van der Waals surface area (Å²) in [5.41, 5.74) is 6.11. The van der Waals surface area contributed by atoms with Crippen LogP contribution in [0.5, 0.6) is 0 Å². The number of ether oxygens (including phenoxy) is 1. The quantitative estimate of drug-likeness (QED) is 0.191. The molecule has 0 unspecified atom stereocenters. The maximum atomic E-state index is 13.0. The maximum Gasteiger partial charge on any atom is 1.00 e. The van der Waals surface area contributed by atoms with Crippen LogP contribution in [0.1, 0.15) is 75.3 Å². The van der Waals surface area contributed by atoms with Crippen molar-refractivity contribution < 1.29 is 33.2 Å². The van der Waals surface area contributed by atoms with E-state index in [1.165, 1.54) is 18.0 Å². The molecule has 1 saturated carbocycles. The number of nitrogens with one attached hydrogen (secondary N) is 1. The van der Waals surface area contributed by atoms with E-state index in [1.54, 1.807) is 29.7 Å². The molecule has 11 heteroatoms. The van der Waals surface area contributed by atoms with E-state index in [2.05, 4.69) is 35.2 Å². The van der Waals surface area contributed by atoms with Gasteiger partial charge in [-0.1, -0.05) is 19.0 Å². The third-order valence-corrected chi connectivity index (χ3v) is 5.76. The molecular weight excluding hydrogens is 491 g/mol. The van der Waals surface area contributed by atoms with Gasteiger partial charge in [0.25, 0.3) is 5.56 Å². The maximum absolute atomic E-state index is 13.0. The standard InChI is InChI=1S/C19H22N5O2.C9H17NO2.Li/c1-12-11-16(23-19(20)22-15-9-5-6-10-21-15)24(14-7-3-4-8-14)18(26)17(12)13(2)25;1-6-10(7-2)8(11)12-9(3,4)5;/h5,9-11,14H,3-4,7-8H2,1-2H3,(H3,20,21,22,23);1-2,6-7H2,3-5H3;/q-1;-2;+1. The minimum atomic E-state index is -0.445. The summed E-state index contributed by atoms with van der Waals surface area (Å²) < 4.78 is 6.71. The predicted octanol–water partition coefficient (Wildman–Crippen LogP) is 1.62. The molecular formula is C28H39LiN6O4-2. The van der Waals surface area contributed by atoms with Gasteiger partial charge in [-0.2, -0.15) is 11.1 Å². The monoisotopic (exact) mass is 530 g/mol. The molecule has 208 valence electrons. The van der Waals surface area contributed by atoms with E-state index in [-0.39, 0.29) is 53.9 Å². The van der Waals surface area contributed by atoms with Crippen LogP contribution in [0.4, 0.5) is 16.4 Å². The fraction of sp³-hybridized carbons (Fsp3) is 0.464. The van der Waals surface area contributed by atoms with Gasteiger partial charge in [-0.15, -0.1) is 13.1 Å². The summed E-state index contributed by atoms with van der Waals surface area (Å²) in [6.45, 7) is 16.6. The number of pyridine rings is 2. The molecule has 2 aromatic heterocycles. The van der Waals surface area contributed by atoms with E-state index in [0.717, 1.165) is 25.7 Å². The Kier molecular flexibility index (Phi) is 13.5. The smallest absolute Gasteiger partial charge is 0.444 e. The van der Waals surface area contributed by atoms with Crippen molar-refractivity contribution in [3.8, 4) is 0 Å². The van der Waals surface area contributed by atoms with Gasteiger partial charge >= 0.3 is 25.0 Å². The number of ketones is 1. The van der Waals surface area contributed by atoms with Crippen LogP contribution in [0.2, 0.25) is 0 Å². The van der Waals surface area contributed by atoms with E-state index < -0.39 is 5.60 Å². The molecule has 1 aliphatic rings. The third-order valence-electron chi connectivity index (χ3n) is 5.76. The molecule has 1 amide bonds. The fourth-order valence-electron chi connectivity index (χ4n) is 4.06. The predicted molar refractivity (Wildman–Crippen MR) is 149 cm³/mol. The average Bonchev–Trinajstić information content (AvgIpc) is 3.33. The van der Waals surface area contributed by atoms with Crippen molar-refractivity contribution in [2.45, 2.75) is 71.9 Å². The number of aryl methyl sites for hydroxylation is 1. The van der Waals surface area contributed by atoms with E-state index in [4.69, 9.17) is 10.5 Å². The van der Waals surface area contributed by atoms with E-state index in [0.29, 0.717) is 30.3 Å². The van der Waals surface area contributed by atoms with Gasteiger partial charge in [0.15, 0.2) is 11.7 Å². The van der Waals surface area contributed by atoms with Crippen molar-refractivity contribution in [2.24, 2.45) is 10.7 Å². The number of aliphatic imine (C=N–C) groups is 1. The van der Waals surface area contributed by atoms with Crippen LogP contribution in [0.25, 0.3) is 0 Å². The van der Waals surface area contributed by atoms with Crippen LogP contribution < -0.4 is 35.5 Å². The second kappa shape index (κ2) is 15.5. The number of guanidine groups is 1. The first-order chi connectivity index (χ1) is 17.9. The summed E-state index contributed by atoms with van der Waals surface area (Å²) in [6, 6.07) is 8.04. The number of aromatic nitrogens is 2. The molecule has 3 N–H and O–H groups in total. The molecule has 1 aliphatic carbocycles. The number of carbonyl (C=O) groups excluding carboxylic acids is 2. The normalized spacial score (nSPS) is 13.6. The number of anilines is 1. The van der Waals surface area contributed by atoms with Crippen molar-refractivity contribution in [2.75, 3.05) is 18.4 Å². The molecule has 0 atom stereocenters. The molecule has 2 heterocycles. The van der Waals surface area contributed by atoms with Crippen LogP contribution in [0.15, 0.2) is 34.2 Å². The zero-order chi connectivity index (χ0) is 28.5. The molecule has 0 aliphatic heterocycles. The Morgan fingerprint density at radius 1 is 1.28 bits per heavy atom. The first kappa shape index (κ1) is 33.9. The fourth-order valence-corrected chi connectivity index (χ4v) is 4.06. The molecule has 2 aromatic rings. The Bertz CT molecular complexity index is 1180. The number of carbonyl (C=O) groups is 2. The van der Waals surface area contributed by atoms with Crippen molar-refractivity contribution in [3.63, 3.8) is 0 Å². The minimum Gasteiger partial charge on any atom is -0.444 e. The summed E-state index contributed by atoms with van der Waals surface area (Å²) in [7, 11) is 0. The Morgan fingerprint density at radius 3 is 2.38 bits per heavy atom. The number of nitrogens with two attached hydrogens (primary N) is 1. The van der Waals surface area contributed by atoms with Gasteiger partial charge in [-0.25, -0.2) is 16.9 Å². The van der Waals surface area contributed by atoms with E-state index >= 15 is 0 Å². The molecule has 0 saturated heterocycles. The Balaban J connectivity index is 0.000000499. The van der Waals surface area contributed by atoms with Gasteiger partial charge in [0.2, 0.25) is 0 Å². The van der Waals surface area contributed by atoms with Gasteiger partial charge in [-0.05, 0) is 59.1 Å². The summed E-state index contributed by atoms with van der Waals surface area (Å²) in [5, 5.41) is 2.90. The Labute approximate surface area is 243 Å². The summed E-state index contributed by atoms with van der Waals surface area (Å²) >= 11 is 0. The largest absolute Gasteiger partial charge is 1.00 e. The molecule has 0 spiro atoms. The van der Waals surface area contributed by atoms with E-state index in [9.17, 15) is 14.4 Å². The first-order valence-corrected chi connectivity index (χ1v) is 12.6. The number of rotatable bonds is 6. The van der Waals surface area contributed by atoms with Gasteiger partial charge in [0, 0.05) is 11.9 Å². The van der Waals surface area contributed by atoms with Crippen molar-refractivity contribution >= 4 is 29.5 Å². The van der Waals surface area contributed by atoms with Crippen molar-refractivity contribution in [1.29, 1.82) is 0 Å². The first-order valence-electron chi connectivity index (χ1n) is 12.6. The molecule has 0 aromatic carbocycles. The molecule has 0 bridgehead atoms. The summed E-state index contributed by atoms with van der Waals surface area (Å²) in [4.78, 5) is 46.1. The third kappa shape index (κ3) is 10.2. The zero-order valence-electron chi connectivity index (χ0n) is 24.0. The SMILES string of the molecule is CC(=O)c1c(C)cc(/N=C(\N)Nc2cc[c-]cn2)n(C2CCCC2)c1=O.[CH2-]CN(C[CH2-])C(=O)OC(C)(C)C.[Li+]. The van der Waals surface area contributed by atoms with Crippen LogP contribution in [-0.4, -0.2) is 51.0 Å². The van der Waals surface area contributed by atoms with Crippen LogP contribution in [-0.2, 0) is 4.74 Å². The molecule has 3 rings (SSSR count). The minimum absolute atomic E-state index is 0. The molecule has 0 radical (unpaired) electrons. The molecule has 39 heavy (non-hydrogen) atoms. The zero-order valence-corrected chi connectivity index (χ0v) is 24.0. The van der Waals surface area contributed by atoms with Gasteiger partial charge < -0.3 is 34.5 Å². The van der Waals surface area contributed by atoms with Gasteiger partial charge in [0.05, 0.1) is 5.56 Å². The topological polar surface area (TPSA) is 132 Å². The number of Topliss-reactive ketones (excluding diaryl/α,β-unsaturated/α-hetero) is 1. The summed E-state index contributed by atoms with van der Waals surface area (Å²) in [5.74, 6) is 0.893. The van der Waals surface area contributed by atoms with Crippen LogP contribution >= 0.6 is 0 Å². The van der Waals surface area contributed by atoms with Crippen LogP contribution in [0.3, 0.4) is 0 Å². The average molecular weight is 531 g/mol. The van der Waals surface area contributed by atoms with E-state index in [1.807, 2.05) is 20.8 Å². The Hall–Kier alpha value is -3.09. The second-order valence-electron chi connectivity index (χ2n) is 9.96.